The van der Waals surface area contributed by atoms with Gasteiger partial charge >= 0.3 is 6.03 Å². The maximum Gasteiger partial charge on any atom is 0.325 e. The summed E-state index contributed by atoms with van der Waals surface area (Å²) in [6.45, 7) is 4.40. The molecule has 2 aromatic carbocycles. The number of rotatable bonds is 5. The molecule has 0 aromatic heterocycles. The van der Waals surface area contributed by atoms with Crippen molar-refractivity contribution in [3.05, 3.63) is 48.0 Å². The van der Waals surface area contributed by atoms with E-state index in [9.17, 15) is 14.4 Å². The number of benzene rings is 2. The maximum atomic E-state index is 13.2. The predicted molar refractivity (Wildman–Crippen MR) is 126 cm³/mol. The van der Waals surface area contributed by atoms with Gasteiger partial charge in [0.05, 0.1) is 13.2 Å². The third-order valence-corrected chi connectivity index (χ3v) is 6.52. The maximum absolute atomic E-state index is 13.2. The quantitative estimate of drug-likeness (QED) is 0.660. The van der Waals surface area contributed by atoms with Gasteiger partial charge in [0.25, 0.3) is 5.91 Å². The normalized spacial score (nSPS) is 21.9. The molecule has 3 aliphatic heterocycles. The second-order valence-corrected chi connectivity index (χ2v) is 8.95. The number of carbonyl (C=O) groups is 3. The van der Waals surface area contributed by atoms with E-state index < -0.39 is 23.4 Å². The number of nitrogens with zero attached hydrogens (tertiary/aromatic N) is 2. The molecule has 0 saturated carbocycles. The fraction of sp³-hybridized carbons (Fsp3) is 0.400. The number of anilines is 2. The molecule has 0 bridgehead atoms. The number of fused-ring (bicyclic) bond motifs is 1. The standard InChI is InChI=1S/C25H28N4O5/c1-25(17-5-10-20-21(15-17)34-14-4-13-33-20)23(31)29(24(32)27-25)16-22(30)26-18-6-8-19(9-7-18)28-11-2-3-12-28/h5-10,15H,2-4,11-14,16H2,1H3,(H,26,30)(H,27,32)/t25-/m1/s1. The molecule has 5 rings (SSSR count). The zero-order valence-electron chi connectivity index (χ0n) is 19.1. The van der Waals surface area contributed by atoms with Crippen molar-refractivity contribution in [2.24, 2.45) is 0 Å². The van der Waals surface area contributed by atoms with Crippen LogP contribution in [-0.4, -0.2) is 55.6 Å². The Morgan fingerprint density at radius 2 is 1.71 bits per heavy atom. The first kappa shape index (κ1) is 22.1. The zero-order chi connectivity index (χ0) is 23.7. The molecule has 9 heteroatoms. The van der Waals surface area contributed by atoms with Crippen LogP contribution in [0.5, 0.6) is 11.5 Å². The summed E-state index contributed by atoms with van der Waals surface area (Å²) < 4.78 is 11.4. The van der Waals surface area contributed by atoms with Crippen LogP contribution in [-0.2, 0) is 15.1 Å². The molecule has 3 aliphatic rings. The minimum Gasteiger partial charge on any atom is -0.490 e. The number of nitrogens with one attached hydrogen (secondary N) is 2. The van der Waals surface area contributed by atoms with Crippen LogP contribution < -0.4 is 25.0 Å². The minimum absolute atomic E-state index is 0.376. The lowest BCUT2D eigenvalue weighted by atomic mass is 9.91. The van der Waals surface area contributed by atoms with Gasteiger partial charge in [-0.25, -0.2) is 4.79 Å². The van der Waals surface area contributed by atoms with Gasteiger partial charge in [0.2, 0.25) is 5.91 Å². The van der Waals surface area contributed by atoms with Crippen LogP contribution in [0, 0.1) is 0 Å². The fourth-order valence-corrected chi connectivity index (χ4v) is 4.59. The smallest absolute Gasteiger partial charge is 0.325 e. The lowest BCUT2D eigenvalue weighted by molar-refractivity contribution is -0.133. The Morgan fingerprint density at radius 3 is 2.44 bits per heavy atom. The molecule has 2 N–H and O–H groups in total. The third kappa shape index (κ3) is 4.13. The van der Waals surface area contributed by atoms with Crippen molar-refractivity contribution in [2.75, 3.05) is 43.1 Å². The number of imide groups is 1. The van der Waals surface area contributed by atoms with E-state index in [1.807, 2.05) is 24.3 Å². The molecule has 0 spiro atoms. The molecule has 2 saturated heterocycles. The van der Waals surface area contributed by atoms with Crippen LogP contribution in [0.15, 0.2) is 42.5 Å². The summed E-state index contributed by atoms with van der Waals surface area (Å²) in [5.41, 5.74) is 0.996. The Hall–Kier alpha value is -3.75. The van der Waals surface area contributed by atoms with Gasteiger partial charge in [0.15, 0.2) is 11.5 Å². The first-order valence-electron chi connectivity index (χ1n) is 11.6. The number of hydrogen-bond donors (Lipinski definition) is 2. The number of urea groups is 1. The van der Waals surface area contributed by atoms with E-state index in [4.69, 9.17) is 9.47 Å². The summed E-state index contributed by atoms with van der Waals surface area (Å²) in [6, 6.07) is 12.2. The Morgan fingerprint density at radius 1 is 1.00 bits per heavy atom. The van der Waals surface area contributed by atoms with Crippen molar-refractivity contribution in [2.45, 2.75) is 31.7 Å². The zero-order valence-corrected chi connectivity index (χ0v) is 19.1. The average Bonchev–Trinajstić information content (AvgIpc) is 3.35. The van der Waals surface area contributed by atoms with Gasteiger partial charge in [-0.1, -0.05) is 6.07 Å². The summed E-state index contributed by atoms with van der Waals surface area (Å²) in [5, 5.41) is 5.51. The second-order valence-electron chi connectivity index (χ2n) is 8.95. The van der Waals surface area contributed by atoms with E-state index in [-0.39, 0.29) is 6.54 Å². The van der Waals surface area contributed by atoms with Crippen molar-refractivity contribution in [3.8, 4) is 11.5 Å². The van der Waals surface area contributed by atoms with Crippen molar-refractivity contribution in [1.82, 2.24) is 10.2 Å². The van der Waals surface area contributed by atoms with Crippen LogP contribution in [0.1, 0.15) is 31.7 Å². The van der Waals surface area contributed by atoms with Crippen molar-refractivity contribution < 1.29 is 23.9 Å². The predicted octanol–water partition coefficient (Wildman–Crippen LogP) is 2.85. The van der Waals surface area contributed by atoms with Gasteiger partial charge < -0.3 is 25.0 Å². The van der Waals surface area contributed by atoms with Gasteiger partial charge in [-0.2, -0.15) is 0 Å². The Balaban J connectivity index is 1.26. The van der Waals surface area contributed by atoms with Gasteiger partial charge in [-0.05, 0) is 61.7 Å². The lowest BCUT2D eigenvalue weighted by Crippen LogP contribution is -2.42. The van der Waals surface area contributed by atoms with Crippen LogP contribution in [0.2, 0.25) is 0 Å². The van der Waals surface area contributed by atoms with Gasteiger partial charge in [0.1, 0.15) is 12.1 Å². The molecular formula is C25H28N4O5. The number of amides is 4. The molecule has 3 heterocycles. The van der Waals surface area contributed by atoms with E-state index in [1.165, 1.54) is 12.8 Å². The SMILES string of the molecule is C[C@]1(c2ccc3c(c2)OCCCO3)NC(=O)N(CC(=O)Nc2ccc(N3CCCC3)cc2)C1=O. The lowest BCUT2D eigenvalue weighted by Gasteiger charge is -2.23. The van der Waals surface area contributed by atoms with E-state index in [0.29, 0.717) is 36.0 Å². The average molecular weight is 465 g/mol. The van der Waals surface area contributed by atoms with E-state index in [1.54, 1.807) is 25.1 Å². The summed E-state index contributed by atoms with van der Waals surface area (Å²) in [5.74, 6) is 0.201. The summed E-state index contributed by atoms with van der Waals surface area (Å²) in [7, 11) is 0. The Kier molecular flexibility index (Phi) is 5.77. The monoisotopic (exact) mass is 464 g/mol. The number of carbonyl (C=O) groups excluding carboxylic acids is 3. The third-order valence-electron chi connectivity index (χ3n) is 6.52. The molecule has 0 radical (unpaired) electrons. The highest BCUT2D eigenvalue weighted by atomic mass is 16.5. The number of ether oxygens (including phenoxy) is 2. The molecule has 1 atom stereocenters. The summed E-state index contributed by atoms with van der Waals surface area (Å²) >= 11 is 0. The topological polar surface area (TPSA) is 100 Å². The minimum atomic E-state index is -1.31. The highest BCUT2D eigenvalue weighted by Crippen LogP contribution is 2.36. The summed E-state index contributed by atoms with van der Waals surface area (Å²) in [4.78, 5) is 41.8. The molecule has 0 aliphatic carbocycles. The van der Waals surface area contributed by atoms with Crippen molar-refractivity contribution >= 4 is 29.2 Å². The highest BCUT2D eigenvalue weighted by Gasteiger charge is 2.49. The highest BCUT2D eigenvalue weighted by molar-refractivity contribution is 6.10. The molecule has 2 aromatic rings. The van der Waals surface area contributed by atoms with Crippen LogP contribution >= 0.6 is 0 Å². The molecule has 4 amide bonds. The Bertz CT molecular complexity index is 1110. The van der Waals surface area contributed by atoms with E-state index >= 15 is 0 Å². The van der Waals surface area contributed by atoms with Crippen LogP contribution in [0.4, 0.5) is 16.2 Å². The molecule has 2 fully saturated rings. The first-order chi connectivity index (χ1) is 16.4. The molecule has 0 unspecified atom stereocenters. The van der Waals surface area contributed by atoms with Gasteiger partial charge in [0, 0.05) is 30.9 Å². The van der Waals surface area contributed by atoms with Crippen molar-refractivity contribution in [1.29, 1.82) is 0 Å². The second kappa shape index (κ2) is 8.89. The van der Waals surface area contributed by atoms with E-state index in [2.05, 4.69) is 15.5 Å². The van der Waals surface area contributed by atoms with Crippen LogP contribution in [0.3, 0.4) is 0 Å². The fourth-order valence-electron chi connectivity index (χ4n) is 4.59. The van der Waals surface area contributed by atoms with E-state index in [0.717, 1.165) is 30.1 Å². The largest absolute Gasteiger partial charge is 0.490 e. The number of hydrogen-bond acceptors (Lipinski definition) is 6. The summed E-state index contributed by atoms with van der Waals surface area (Å²) in [6.07, 6.45) is 3.14. The Labute approximate surface area is 198 Å². The van der Waals surface area contributed by atoms with Gasteiger partial charge in [-0.15, -0.1) is 0 Å². The first-order valence-corrected chi connectivity index (χ1v) is 11.6. The molecule has 34 heavy (non-hydrogen) atoms. The van der Waals surface area contributed by atoms with Gasteiger partial charge in [-0.3, -0.25) is 14.5 Å². The molecular weight excluding hydrogens is 436 g/mol. The molecule has 178 valence electrons. The van der Waals surface area contributed by atoms with Crippen molar-refractivity contribution in [3.63, 3.8) is 0 Å². The van der Waals surface area contributed by atoms with Crippen LogP contribution in [0.25, 0.3) is 0 Å². The molecule has 9 nitrogen and oxygen atoms in total.